The van der Waals surface area contributed by atoms with Crippen molar-refractivity contribution in [3.05, 3.63) is 22.4 Å². The Kier molecular flexibility index (Phi) is 7.34. The Morgan fingerprint density at radius 3 is 2.71 bits per heavy atom. The first kappa shape index (κ1) is 14.6. The fourth-order valence-corrected chi connectivity index (χ4v) is 1.87. The van der Waals surface area contributed by atoms with Crippen molar-refractivity contribution < 1.29 is 20.1 Å². The molecule has 1 rings (SSSR count). The molecule has 0 spiro atoms. The molecular weight excluding hydrogens is 242 g/mol. The van der Waals surface area contributed by atoms with E-state index in [-0.39, 0.29) is 19.8 Å². The summed E-state index contributed by atoms with van der Waals surface area (Å²) >= 11 is 1.62. The monoisotopic (exact) mass is 261 g/mol. The van der Waals surface area contributed by atoms with Crippen LogP contribution in [0.1, 0.15) is 4.88 Å². The minimum atomic E-state index is -0.783. The SMILES string of the molecule is OCC(O)CNCC(O)COCc1cccs1. The summed E-state index contributed by atoms with van der Waals surface area (Å²) in [6.45, 7) is 1.08. The highest BCUT2D eigenvalue weighted by atomic mass is 32.1. The van der Waals surface area contributed by atoms with Gasteiger partial charge in [-0.3, -0.25) is 0 Å². The molecular formula is C11H19NO4S. The van der Waals surface area contributed by atoms with Crippen molar-refractivity contribution in [3.8, 4) is 0 Å². The van der Waals surface area contributed by atoms with E-state index in [0.717, 1.165) is 4.88 Å². The van der Waals surface area contributed by atoms with Crippen LogP contribution in [0, 0.1) is 0 Å². The van der Waals surface area contributed by atoms with Crippen molar-refractivity contribution >= 4 is 11.3 Å². The summed E-state index contributed by atoms with van der Waals surface area (Å²) in [5.41, 5.74) is 0. The van der Waals surface area contributed by atoms with Gasteiger partial charge in [0.05, 0.1) is 32.0 Å². The number of hydrogen-bond acceptors (Lipinski definition) is 6. The van der Waals surface area contributed by atoms with Gasteiger partial charge in [0.15, 0.2) is 0 Å². The molecule has 17 heavy (non-hydrogen) atoms. The quantitative estimate of drug-likeness (QED) is 0.485. The zero-order valence-electron chi connectivity index (χ0n) is 9.58. The summed E-state index contributed by atoms with van der Waals surface area (Å²) in [6.07, 6.45) is -1.39. The zero-order valence-corrected chi connectivity index (χ0v) is 10.4. The van der Waals surface area contributed by atoms with Gasteiger partial charge in [-0.2, -0.15) is 0 Å². The Hall–Kier alpha value is -0.500. The highest BCUT2D eigenvalue weighted by Crippen LogP contribution is 2.09. The predicted molar refractivity (Wildman–Crippen MR) is 65.9 cm³/mol. The van der Waals surface area contributed by atoms with Crippen molar-refractivity contribution in [1.29, 1.82) is 0 Å². The molecule has 1 aromatic rings. The fourth-order valence-electron chi connectivity index (χ4n) is 1.23. The standard InChI is InChI=1S/C11H19NO4S/c13-6-9(14)4-12-5-10(15)7-16-8-11-2-1-3-17-11/h1-3,9-10,12-15H,4-8H2. The van der Waals surface area contributed by atoms with E-state index in [4.69, 9.17) is 14.9 Å². The van der Waals surface area contributed by atoms with Crippen LogP contribution < -0.4 is 5.32 Å². The van der Waals surface area contributed by atoms with Crippen LogP contribution in [0.3, 0.4) is 0 Å². The summed E-state index contributed by atoms with van der Waals surface area (Å²) < 4.78 is 5.33. The summed E-state index contributed by atoms with van der Waals surface area (Å²) in [5.74, 6) is 0. The number of ether oxygens (including phenoxy) is 1. The Bertz CT molecular complexity index is 281. The minimum Gasteiger partial charge on any atom is -0.394 e. The molecule has 0 aliphatic rings. The lowest BCUT2D eigenvalue weighted by Gasteiger charge is -2.13. The maximum Gasteiger partial charge on any atom is 0.0897 e. The molecule has 5 nitrogen and oxygen atoms in total. The second-order valence-corrected chi connectivity index (χ2v) is 4.78. The van der Waals surface area contributed by atoms with E-state index in [1.807, 2.05) is 17.5 Å². The van der Waals surface area contributed by atoms with Crippen molar-refractivity contribution in [3.63, 3.8) is 0 Å². The van der Waals surface area contributed by atoms with E-state index in [2.05, 4.69) is 5.32 Å². The molecule has 2 atom stereocenters. The second-order valence-electron chi connectivity index (χ2n) is 3.74. The molecule has 0 fully saturated rings. The first-order chi connectivity index (χ1) is 8.22. The van der Waals surface area contributed by atoms with Gasteiger partial charge in [-0.15, -0.1) is 11.3 Å². The molecule has 0 saturated carbocycles. The number of aliphatic hydroxyl groups excluding tert-OH is 3. The summed E-state index contributed by atoms with van der Waals surface area (Å²) in [6, 6.07) is 3.94. The molecule has 0 bridgehead atoms. The molecule has 6 heteroatoms. The maximum atomic E-state index is 9.54. The smallest absolute Gasteiger partial charge is 0.0897 e. The van der Waals surface area contributed by atoms with Gasteiger partial charge in [-0.05, 0) is 11.4 Å². The molecule has 0 aliphatic heterocycles. The number of nitrogens with one attached hydrogen (secondary N) is 1. The minimum absolute atomic E-state index is 0.250. The molecule has 1 aromatic heterocycles. The topological polar surface area (TPSA) is 82.0 Å². The molecule has 98 valence electrons. The third-order valence-electron chi connectivity index (χ3n) is 2.11. The van der Waals surface area contributed by atoms with Gasteiger partial charge in [0.1, 0.15) is 0 Å². The summed E-state index contributed by atoms with van der Waals surface area (Å²) in [5, 5.41) is 32.0. The fraction of sp³-hybridized carbons (Fsp3) is 0.636. The van der Waals surface area contributed by atoms with E-state index in [1.165, 1.54) is 0 Å². The van der Waals surface area contributed by atoms with Gasteiger partial charge < -0.3 is 25.4 Å². The van der Waals surface area contributed by atoms with Crippen LogP contribution in [0.4, 0.5) is 0 Å². The number of rotatable bonds is 9. The second kappa shape index (κ2) is 8.57. The van der Waals surface area contributed by atoms with Crippen molar-refractivity contribution in [2.24, 2.45) is 0 Å². The van der Waals surface area contributed by atoms with Crippen LogP contribution in [0.2, 0.25) is 0 Å². The maximum absolute atomic E-state index is 9.54. The number of aliphatic hydroxyl groups is 3. The van der Waals surface area contributed by atoms with Crippen LogP contribution in [0.15, 0.2) is 17.5 Å². The Morgan fingerprint density at radius 1 is 1.29 bits per heavy atom. The van der Waals surface area contributed by atoms with Crippen molar-refractivity contribution in [1.82, 2.24) is 5.32 Å². The lowest BCUT2D eigenvalue weighted by molar-refractivity contribution is 0.0267. The van der Waals surface area contributed by atoms with E-state index in [1.54, 1.807) is 11.3 Å². The van der Waals surface area contributed by atoms with Crippen LogP contribution >= 0.6 is 11.3 Å². The normalized spacial score (nSPS) is 14.8. The van der Waals surface area contributed by atoms with Gasteiger partial charge in [0.2, 0.25) is 0 Å². The van der Waals surface area contributed by atoms with Gasteiger partial charge in [-0.1, -0.05) is 6.07 Å². The lowest BCUT2D eigenvalue weighted by Crippen LogP contribution is -2.36. The van der Waals surface area contributed by atoms with Crippen LogP contribution in [-0.4, -0.2) is 53.8 Å². The summed E-state index contributed by atoms with van der Waals surface area (Å²) in [7, 11) is 0. The average molecular weight is 261 g/mol. The van der Waals surface area contributed by atoms with Gasteiger partial charge >= 0.3 is 0 Å². The van der Waals surface area contributed by atoms with E-state index in [9.17, 15) is 5.11 Å². The largest absolute Gasteiger partial charge is 0.394 e. The van der Waals surface area contributed by atoms with Gasteiger partial charge in [0, 0.05) is 18.0 Å². The third-order valence-corrected chi connectivity index (χ3v) is 2.96. The highest BCUT2D eigenvalue weighted by Gasteiger charge is 2.06. The highest BCUT2D eigenvalue weighted by molar-refractivity contribution is 7.09. The molecule has 4 N–H and O–H groups in total. The number of thiophene rings is 1. The Morgan fingerprint density at radius 2 is 2.06 bits per heavy atom. The van der Waals surface area contributed by atoms with Crippen LogP contribution in [0.25, 0.3) is 0 Å². The van der Waals surface area contributed by atoms with Crippen LogP contribution in [-0.2, 0) is 11.3 Å². The predicted octanol–water partition coefficient (Wildman–Crippen LogP) is -0.432. The first-order valence-electron chi connectivity index (χ1n) is 5.50. The Labute approximate surface area is 105 Å². The molecule has 0 radical (unpaired) electrons. The molecule has 0 aromatic carbocycles. The first-order valence-corrected chi connectivity index (χ1v) is 6.38. The molecule has 0 amide bonds. The molecule has 0 saturated heterocycles. The third kappa shape index (κ3) is 6.72. The number of hydrogen-bond donors (Lipinski definition) is 4. The van der Waals surface area contributed by atoms with Crippen molar-refractivity contribution in [2.75, 3.05) is 26.3 Å². The van der Waals surface area contributed by atoms with E-state index >= 15 is 0 Å². The van der Waals surface area contributed by atoms with Gasteiger partial charge in [0.25, 0.3) is 0 Å². The average Bonchev–Trinajstić information content (AvgIpc) is 2.82. The molecule has 0 aliphatic carbocycles. The Balaban J connectivity index is 1.99. The van der Waals surface area contributed by atoms with Crippen molar-refractivity contribution in [2.45, 2.75) is 18.8 Å². The van der Waals surface area contributed by atoms with E-state index < -0.39 is 12.2 Å². The van der Waals surface area contributed by atoms with Crippen LogP contribution in [0.5, 0.6) is 0 Å². The lowest BCUT2D eigenvalue weighted by atomic mass is 10.3. The zero-order chi connectivity index (χ0) is 12.5. The van der Waals surface area contributed by atoms with E-state index in [0.29, 0.717) is 13.2 Å². The van der Waals surface area contributed by atoms with Gasteiger partial charge in [-0.25, -0.2) is 0 Å². The summed E-state index contributed by atoms with van der Waals surface area (Å²) in [4.78, 5) is 1.13. The molecule has 2 unspecified atom stereocenters. The molecule has 1 heterocycles.